The first-order valence-corrected chi connectivity index (χ1v) is 9.49. The number of hydrogen-bond donors (Lipinski definition) is 2. The van der Waals surface area contributed by atoms with Crippen LogP contribution in [0.15, 0.2) is 35.3 Å². The Hall–Kier alpha value is -1.59. The molecular weight excluding hydrogens is 312 g/mol. The Morgan fingerprint density at radius 1 is 1.28 bits per heavy atom. The normalized spacial score (nSPS) is 18.7. The van der Waals surface area contributed by atoms with E-state index < -0.39 is 0 Å². The molecule has 5 heteroatoms. The average Bonchev–Trinajstić information content (AvgIpc) is 3.05. The smallest absolute Gasteiger partial charge is 0.191 e. The van der Waals surface area contributed by atoms with E-state index in [4.69, 9.17) is 4.74 Å². The first-order chi connectivity index (χ1) is 12.2. The van der Waals surface area contributed by atoms with Crippen LogP contribution in [-0.2, 0) is 11.3 Å². The van der Waals surface area contributed by atoms with E-state index in [1.54, 1.807) is 0 Å². The highest BCUT2D eigenvalue weighted by atomic mass is 16.5. The Morgan fingerprint density at radius 3 is 2.80 bits per heavy atom. The largest absolute Gasteiger partial charge is 0.379 e. The van der Waals surface area contributed by atoms with Crippen molar-refractivity contribution in [2.75, 3.05) is 39.9 Å². The minimum absolute atomic E-state index is 0.566. The van der Waals surface area contributed by atoms with E-state index in [9.17, 15) is 0 Å². The maximum absolute atomic E-state index is 5.60. The quantitative estimate of drug-likeness (QED) is 0.410. The molecule has 2 N–H and O–H groups in total. The Morgan fingerprint density at radius 2 is 2.08 bits per heavy atom. The molecule has 0 amide bonds. The molecule has 25 heavy (non-hydrogen) atoms. The van der Waals surface area contributed by atoms with Crippen molar-refractivity contribution in [1.82, 2.24) is 15.5 Å². The minimum Gasteiger partial charge on any atom is -0.379 e. The second kappa shape index (κ2) is 11.1. The third-order valence-corrected chi connectivity index (χ3v) is 4.45. The molecule has 1 aliphatic rings. The second-order valence-corrected chi connectivity index (χ2v) is 7.10. The molecule has 1 fully saturated rings. The van der Waals surface area contributed by atoms with Crippen molar-refractivity contribution in [2.24, 2.45) is 10.9 Å². The Labute approximate surface area is 152 Å². The molecule has 0 radical (unpaired) electrons. The van der Waals surface area contributed by atoms with Gasteiger partial charge in [0.25, 0.3) is 0 Å². The van der Waals surface area contributed by atoms with E-state index in [2.05, 4.69) is 64.7 Å². The molecule has 1 saturated heterocycles. The molecule has 1 aliphatic heterocycles. The van der Waals surface area contributed by atoms with Gasteiger partial charge in [0, 0.05) is 39.3 Å². The monoisotopic (exact) mass is 346 g/mol. The summed E-state index contributed by atoms with van der Waals surface area (Å²) in [6.07, 6.45) is 2.52. The summed E-state index contributed by atoms with van der Waals surface area (Å²) >= 11 is 0. The first-order valence-electron chi connectivity index (χ1n) is 9.49. The number of hydrogen-bond acceptors (Lipinski definition) is 3. The van der Waals surface area contributed by atoms with Gasteiger partial charge in [-0.2, -0.15) is 0 Å². The standard InChI is InChI=1S/C20H34N4O/c1-17(2)16-25-13-11-22-20(21-3)23-14-19-10-7-12-24(19)15-18-8-5-4-6-9-18/h4-6,8-9,17,19H,7,10-16H2,1-3H3,(H2,21,22,23). The highest BCUT2D eigenvalue weighted by Gasteiger charge is 2.24. The van der Waals surface area contributed by atoms with Crippen LogP contribution in [0.3, 0.4) is 0 Å². The predicted molar refractivity (Wildman–Crippen MR) is 105 cm³/mol. The van der Waals surface area contributed by atoms with Crippen molar-refractivity contribution in [3.63, 3.8) is 0 Å². The summed E-state index contributed by atoms with van der Waals surface area (Å²) in [4.78, 5) is 6.88. The van der Waals surface area contributed by atoms with Crippen LogP contribution in [0.1, 0.15) is 32.3 Å². The van der Waals surface area contributed by atoms with Gasteiger partial charge in [0.2, 0.25) is 0 Å². The summed E-state index contributed by atoms with van der Waals surface area (Å²) in [6, 6.07) is 11.3. The zero-order valence-corrected chi connectivity index (χ0v) is 16.0. The van der Waals surface area contributed by atoms with Gasteiger partial charge < -0.3 is 15.4 Å². The van der Waals surface area contributed by atoms with E-state index in [0.29, 0.717) is 18.6 Å². The number of rotatable bonds is 9. The van der Waals surface area contributed by atoms with Crippen LogP contribution in [0.4, 0.5) is 0 Å². The van der Waals surface area contributed by atoms with Gasteiger partial charge in [-0.15, -0.1) is 0 Å². The van der Waals surface area contributed by atoms with Gasteiger partial charge in [-0.25, -0.2) is 0 Å². The maximum Gasteiger partial charge on any atom is 0.191 e. The van der Waals surface area contributed by atoms with Crippen LogP contribution in [-0.4, -0.2) is 56.8 Å². The molecule has 5 nitrogen and oxygen atoms in total. The van der Waals surface area contributed by atoms with E-state index in [0.717, 1.165) is 32.2 Å². The van der Waals surface area contributed by atoms with Gasteiger partial charge in [0.05, 0.1) is 6.61 Å². The first kappa shape index (κ1) is 19.7. The fraction of sp³-hybridized carbons (Fsp3) is 0.650. The van der Waals surface area contributed by atoms with Gasteiger partial charge in [-0.3, -0.25) is 9.89 Å². The highest BCUT2D eigenvalue weighted by molar-refractivity contribution is 5.79. The minimum atomic E-state index is 0.566. The molecule has 2 rings (SSSR count). The van der Waals surface area contributed by atoms with Crippen LogP contribution in [0, 0.1) is 5.92 Å². The topological polar surface area (TPSA) is 48.9 Å². The summed E-state index contributed by atoms with van der Waals surface area (Å²) < 4.78 is 5.60. The van der Waals surface area contributed by atoms with Crippen molar-refractivity contribution in [3.05, 3.63) is 35.9 Å². The van der Waals surface area contributed by atoms with E-state index in [1.165, 1.54) is 24.9 Å². The van der Waals surface area contributed by atoms with Crippen molar-refractivity contribution in [3.8, 4) is 0 Å². The van der Waals surface area contributed by atoms with Crippen molar-refractivity contribution in [1.29, 1.82) is 0 Å². The van der Waals surface area contributed by atoms with Gasteiger partial charge in [0.15, 0.2) is 5.96 Å². The van der Waals surface area contributed by atoms with Crippen molar-refractivity contribution < 1.29 is 4.74 Å². The molecule has 0 saturated carbocycles. The highest BCUT2D eigenvalue weighted by Crippen LogP contribution is 2.19. The second-order valence-electron chi connectivity index (χ2n) is 7.10. The van der Waals surface area contributed by atoms with Crippen LogP contribution < -0.4 is 10.6 Å². The van der Waals surface area contributed by atoms with Gasteiger partial charge >= 0.3 is 0 Å². The molecule has 1 unspecified atom stereocenters. The molecule has 140 valence electrons. The van der Waals surface area contributed by atoms with Crippen molar-refractivity contribution in [2.45, 2.75) is 39.3 Å². The third-order valence-electron chi connectivity index (χ3n) is 4.45. The summed E-state index contributed by atoms with van der Waals surface area (Å²) in [5.74, 6) is 1.44. The van der Waals surface area contributed by atoms with Gasteiger partial charge in [-0.1, -0.05) is 44.2 Å². The molecule has 0 bridgehead atoms. The number of benzene rings is 1. The molecule has 0 spiro atoms. The van der Waals surface area contributed by atoms with Gasteiger partial charge in [-0.05, 0) is 30.9 Å². The molecule has 0 aromatic heterocycles. The summed E-state index contributed by atoms with van der Waals surface area (Å²) in [5.41, 5.74) is 1.39. The fourth-order valence-corrected chi connectivity index (χ4v) is 3.15. The lowest BCUT2D eigenvalue weighted by molar-refractivity contribution is 0.114. The zero-order chi connectivity index (χ0) is 17.9. The lowest BCUT2D eigenvalue weighted by atomic mass is 10.2. The van der Waals surface area contributed by atoms with Crippen LogP contribution in [0.5, 0.6) is 0 Å². The Kier molecular flexibility index (Phi) is 8.77. The lowest BCUT2D eigenvalue weighted by Crippen LogP contribution is -2.45. The Balaban J connectivity index is 1.69. The molecule has 1 aromatic rings. The molecule has 1 aromatic carbocycles. The zero-order valence-electron chi connectivity index (χ0n) is 16.0. The van der Waals surface area contributed by atoms with E-state index in [1.807, 2.05) is 7.05 Å². The molecule has 1 heterocycles. The van der Waals surface area contributed by atoms with E-state index in [-0.39, 0.29) is 0 Å². The number of guanidine groups is 1. The van der Waals surface area contributed by atoms with Crippen LogP contribution >= 0.6 is 0 Å². The SMILES string of the molecule is CN=C(NCCOCC(C)C)NCC1CCCN1Cc1ccccc1. The maximum atomic E-state index is 5.60. The number of nitrogens with one attached hydrogen (secondary N) is 2. The molecular formula is C20H34N4O. The average molecular weight is 347 g/mol. The fourth-order valence-electron chi connectivity index (χ4n) is 3.15. The number of nitrogens with zero attached hydrogens (tertiary/aromatic N) is 2. The molecule has 1 atom stereocenters. The van der Waals surface area contributed by atoms with Gasteiger partial charge in [0.1, 0.15) is 0 Å². The lowest BCUT2D eigenvalue weighted by Gasteiger charge is -2.25. The van der Waals surface area contributed by atoms with Crippen LogP contribution in [0.2, 0.25) is 0 Å². The molecule has 0 aliphatic carbocycles. The summed E-state index contributed by atoms with van der Waals surface area (Å²) in [5, 5.41) is 6.80. The number of ether oxygens (including phenoxy) is 1. The summed E-state index contributed by atoms with van der Waals surface area (Å²) in [7, 11) is 1.82. The van der Waals surface area contributed by atoms with E-state index >= 15 is 0 Å². The third kappa shape index (κ3) is 7.45. The van der Waals surface area contributed by atoms with Crippen molar-refractivity contribution >= 4 is 5.96 Å². The Bertz CT molecular complexity index is 504. The number of likely N-dealkylation sites (tertiary alicyclic amines) is 1. The predicted octanol–water partition coefficient (Wildman–Crippen LogP) is 2.49. The summed E-state index contributed by atoms with van der Waals surface area (Å²) in [6.45, 7) is 9.77. The number of aliphatic imine (C=N–C) groups is 1. The van der Waals surface area contributed by atoms with Crippen LogP contribution in [0.25, 0.3) is 0 Å².